The van der Waals surface area contributed by atoms with Crippen LogP contribution in [0.15, 0.2) is 70.8 Å². The Hall–Kier alpha value is -3.52. The van der Waals surface area contributed by atoms with Crippen molar-refractivity contribution >= 4 is 39.4 Å². The van der Waals surface area contributed by atoms with Gasteiger partial charge in [0, 0.05) is 29.0 Å². The van der Waals surface area contributed by atoms with Crippen LogP contribution in [0.3, 0.4) is 0 Å². The maximum absolute atomic E-state index is 15.4. The summed E-state index contributed by atoms with van der Waals surface area (Å²) >= 11 is 7.26. The third-order valence-electron chi connectivity index (χ3n) is 7.50. The van der Waals surface area contributed by atoms with Gasteiger partial charge < -0.3 is 9.84 Å². The summed E-state index contributed by atoms with van der Waals surface area (Å²) in [5, 5.41) is 9.98. The number of halogens is 4. The Kier molecular flexibility index (Phi) is 11.1. The molecule has 0 aliphatic carbocycles. The lowest BCUT2D eigenvalue weighted by molar-refractivity contribution is -0.137. The largest absolute Gasteiger partial charge is 0.495 e. The average molecular weight is 696 g/mol. The SMILES string of the molecule is CCCCN(CC(=O)O)S(=O)(=O)c1cc(F)c(CSc2ncc(C(C)(C)c3ccc(Cl)c(OC)c3)n2-c2ccc(F)cc2)c(F)c1. The third-order valence-corrected chi connectivity index (χ3v) is 10.6. The predicted molar refractivity (Wildman–Crippen MR) is 171 cm³/mol. The van der Waals surface area contributed by atoms with Crippen LogP contribution in [0.5, 0.6) is 5.75 Å². The van der Waals surface area contributed by atoms with Crippen molar-refractivity contribution in [2.24, 2.45) is 0 Å². The van der Waals surface area contributed by atoms with E-state index in [1.54, 1.807) is 42.0 Å². The normalized spacial score (nSPS) is 12.1. The maximum atomic E-state index is 15.4. The lowest BCUT2D eigenvalue weighted by atomic mass is 9.81. The van der Waals surface area contributed by atoms with E-state index in [-0.39, 0.29) is 17.9 Å². The Balaban J connectivity index is 1.71. The molecule has 8 nitrogen and oxygen atoms in total. The van der Waals surface area contributed by atoms with Gasteiger partial charge in [-0.25, -0.2) is 26.6 Å². The number of hydrogen-bond acceptors (Lipinski definition) is 6. The van der Waals surface area contributed by atoms with Gasteiger partial charge in [0.15, 0.2) is 5.16 Å². The van der Waals surface area contributed by atoms with E-state index in [2.05, 4.69) is 4.98 Å². The number of hydrogen-bond donors (Lipinski definition) is 1. The van der Waals surface area contributed by atoms with Gasteiger partial charge in [0.1, 0.15) is 29.7 Å². The van der Waals surface area contributed by atoms with E-state index in [0.717, 1.165) is 17.3 Å². The van der Waals surface area contributed by atoms with Crippen LogP contribution in [0, 0.1) is 17.5 Å². The minimum Gasteiger partial charge on any atom is -0.495 e. The highest BCUT2D eigenvalue weighted by Crippen LogP contribution is 2.39. The minimum absolute atomic E-state index is 0.112. The molecule has 1 heterocycles. The van der Waals surface area contributed by atoms with Crippen LogP contribution in [-0.2, 0) is 26.0 Å². The molecule has 0 saturated heterocycles. The van der Waals surface area contributed by atoms with Crippen molar-refractivity contribution in [3.8, 4) is 11.4 Å². The first-order valence-electron chi connectivity index (χ1n) is 14.2. The van der Waals surface area contributed by atoms with Crippen LogP contribution in [0.4, 0.5) is 13.2 Å². The number of thioether (sulfide) groups is 1. The maximum Gasteiger partial charge on any atom is 0.318 e. The van der Waals surface area contributed by atoms with Crippen molar-refractivity contribution in [1.29, 1.82) is 0 Å². The lowest BCUT2D eigenvalue weighted by Crippen LogP contribution is -2.36. The molecular formula is C32H33ClF3N3O5S2. The van der Waals surface area contributed by atoms with Crippen molar-refractivity contribution in [1.82, 2.24) is 13.9 Å². The Labute approximate surface area is 275 Å². The second-order valence-corrected chi connectivity index (χ2v) is 14.2. The second kappa shape index (κ2) is 14.5. The summed E-state index contributed by atoms with van der Waals surface area (Å²) in [5.74, 6) is -3.83. The first-order chi connectivity index (χ1) is 21.7. The van der Waals surface area contributed by atoms with Gasteiger partial charge in [-0.3, -0.25) is 9.36 Å². The van der Waals surface area contributed by atoms with Crippen molar-refractivity contribution < 1.29 is 36.2 Å². The van der Waals surface area contributed by atoms with E-state index in [0.29, 0.717) is 56.6 Å². The number of unbranched alkanes of at least 4 members (excludes halogenated alkanes) is 1. The quantitative estimate of drug-likeness (QED) is 0.137. The molecule has 1 aromatic heterocycles. The number of carboxylic acid groups (broad SMARTS) is 1. The van der Waals surface area contributed by atoms with Crippen molar-refractivity contribution in [3.05, 3.63) is 100 Å². The first-order valence-corrected chi connectivity index (χ1v) is 17.0. The van der Waals surface area contributed by atoms with Gasteiger partial charge in [-0.2, -0.15) is 4.31 Å². The van der Waals surface area contributed by atoms with E-state index < -0.39 is 50.3 Å². The number of rotatable bonds is 14. The number of benzene rings is 3. The molecule has 14 heteroatoms. The summed E-state index contributed by atoms with van der Waals surface area (Å²) < 4.78 is 78.7. The molecular weight excluding hydrogens is 663 g/mol. The Morgan fingerprint density at radius 3 is 2.33 bits per heavy atom. The zero-order valence-electron chi connectivity index (χ0n) is 25.6. The fraction of sp³-hybridized carbons (Fsp3) is 0.312. The molecule has 0 amide bonds. The number of aromatic nitrogens is 2. The highest BCUT2D eigenvalue weighted by atomic mass is 35.5. The molecule has 0 saturated carbocycles. The van der Waals surface area contributed by atoms with Crippen molar-refractivity contribution in [2.45, 2.75) is 54.8 Å². The van der Waals surface area contributed by atoms with Crippen LogP contribution in [0.25, 0.3) is 5.69 Å². The lowest BCUT2D eigenvalue weighted by Gasteiger charge is -2.28. The summed E-state index contributed by atoms with van der Waals surface area (Å²) in [6.45, 7) is 4.76. The number of carboxylic acids is 1. The van der Waals surface area contributed by atoms with E-state index in [1.807, 2.05) is 19.9 Å². The standard InChI is InChI=1S/C32H33ClF3N3O5S2/c1-5-6-13-38(18-30(40)41)46(42,43)23-15-26(35)24(27(36)16-23)19-45-31-37-17-29(39(31)22-10-8-21(34)9-11-22)32(2,3)20-7-12-25(33)28(14-20)44-4/h7-12,14-17H,5-6,13,18-19H2,1-4H3,(H,40,41). The minimum atomic E-state index is -4.49. The number of ether oxygens (including phenoxy) is 1. The zero-order chi connectivity index (χ0) is 33.8. The van der Waals surface area contributed by atoms with Crippen LogP contribution in [0.1, 0.15) is 50.4 Å². The predicted octanol–water partition coefficient (Wildman–Crippen LogP) is 7.45. The molecule has 0 unspecified atom stereocenters. The van der Waals surface area contributed by atoms with Crippen LogP contribution in [-0.4, -0.2) is 53.5 Å². The molecule has 246 valence electrons. The number of sulfonamides is 1. The van der Waals surface area contributed by atoms with Gasteiger partial charge in [-0.05, 0) is 60.5 Å². The Morgan fingerprint density at radius 1 is 1.09 bits per heavy atom. The fourth-order valence-electron chi connectivity index (χ4n) is 4.84. The number of imidazole rings is 1. The van der Waals surface area contributed by atoms with Gasteiger partial charge in [0.25, 0.3) is 0 Å². The van der Waals surface area contributed by atoms with Crippen molar-refractivity contribution in [3.63, 3.8) is 0 Å². The third kappa shape index (κ3) is 7.54. The van der Waals surface area contributed by atoms with Crippen LogP contribution >= 0.6 is 23.4 Å². The number of aliphatic carboxylic acids is 1. The van der Waals surface area contributed by atoms with Crippen LogP contribution < -0.4 is 4.74 Å². The molecule has 1 N–H and O–H groups in total. The summed E-state index contributed by atoms with van der Waals surface area (Å²) in [7, 11) is -2.98. The molecule has 0 aliphatic heterocycles. The monoisotopic (exact) mass is 695 g/mol. The molecule has 4 aromatic rings. The van der Waals surface area contributed by atoms with E-state index in [4.69, 9.17) is 16.3 Å². The molecule has 0 atom stereocenters. The van der Waals surface area contributed by atoms with E-state index >= 15 is 8.78 Å². The molecule has 0 spiro atoms. The number of nitrogens with zero attached hydrogens (tertiary/aromatic N) is 3. The van der Waals surface area contributed by atoms with Gasteiger partial charge in [-0.1, -0.05) is 56.6 Å². The molecule has 0 radical (unpaired) electrons. The Morgan fingerprint density at radius 2 is 1.74 bits per heavy atom. The van der Waals surface area contributed by atoms with Crippen LogP contribution in [0.2, 0.25) is 5.02 Å². The number of carbonyl (C=O) groups is 1. The highest BCUT2D eigenvalue weighted by molar-refractivity contribution is 7.98. The number of methoxy groups -OCH3 is 1. The first kappa shape index (κ1) is 35.3. The van der Waals surface area contributed by atoms with E-state index in [9.17, 15) is 22.7 Å². The van der Waals surface area contributed by atoms with Crippen molar-refractivity contribution in [2.75, 3.05) is 20.2 Å². The second-order valence-electron chi connectivity index (χ2n) is 11.0. The average Bonchev–Trinajstić information content (AvgIpc) is 3.43. The topological polar surface area (TPSA) is 102 Å². The summed E-state index contributed by atoms with van der Waals surface area (Å²) in [6, 6.07) is 12.5. The fourth-order valence-corrected chi connectivity index (χ4v) is 7.49. The Bertz CT molecular complexity index is 1810. The summed E-state index contributed by atoms with van der Waals surface area (Å²) in [4.78, 5) is 15.2. The molecule has 3 aromatic carbocycles. The van der Waals surface area contributed by atoms with Gasteiger partial charge in [0.2, 0.25) is 10.0 Å². The van der Waals surface area contributed by atoms with Gasteiger partial charge in [0.05, 0.1) is 28.9 Å². The molecule has 0 aliphatic rings. The molecule has 4 rings (SSSR count). The molecule has 0 fully saturated rings. The summed E-state index contributed by atoms with van der Waals surface area (Å²) in [6.07, 6.45) is 2.59. The van der Waals surface area contributed by atoms with E-state index in [1.165, 1.54) is 19.2 Å². The highest BCUT2D eigenvalue weighted by Gasteiger charge is 2.31. The summed E-state index contributed by atoms with van der Waals surface area (Å²) in [5.41, 5.74) is 0.972. The molecule has 46 heavy (non-hydrogen) atoms. The van der Waals surface area contributed by atoms with Gasteiger partial charge >= 0.3 is 5.97 Å². The molecule has 0 bridgehead atoms. The smallest absolute Gasteiger partial charge is 0.318 e. The zero-order valence-corrected chi connectivity index (χ0v) is 27.9. The van der Waals surface area contributed by atoms with Gasteiger partial charge in [-0.15, -0.1) is 0 Å².